The molecule has 3 heterocycles. The van der Waals surface area contributed by atoms with Gasteiger partial charge in [-0.2, -0.15) is 0 Å². The number of hydrogen-bond donors (Lipinski definition) is 1. The molecule has 2 aromatic heterocycles. The van der Waals surface area contributed by atoms with E-state index in [-0.39, 0.29) is 5.91 Å². The second-order valence-corrected chi connectivity index (χ2v) is 8.56. The van der Waals surface area contributed by atoms with Crippen LogP contribution in [0.25, 0.3) is 0 Å². The SMILES string of the molecule is CC1CCCCN1c1nnc(NC(=O)c2csc3c2CCCC3)s1. The van der Waals surface area contributed by atoms with Crippen LogP contribution in [0, 0.1) is 0 Å². The van der Waals surface area contributed by atoms with E-state index in [0.29, 0.717) is 11.2 Å². The van der Waals surface area contributed by atoms with Crippen LogP contribution < -0.4 is 10.2 Å². The van der Waals surface area contributed by atoms with Gasteiger partial charge in [0.25, 0.3) is 5.91 Å². The van der Waals surface area contributed by atoms with Crippen molar-refractivity contribution in [2.24, 2.45) is 0 Å². The smallest absolute Gasteiger partial charge is 0.258 e. The van der Waals surface area contributed by atoms with Crippen molar-refractivity contribution in [3.63, 3.8) is 0 Å². The number of aromatic nitrogens is 2. The van der Waals surface area contributed by atoms with Gasteiger partial charge in [-0.25, -0.2) is 0 Å². The van der Waals surface area contributed by atoms with Crippen molar-refractivity contribution in [1.29, 1.82) is 0 Å². The van der Waals surface area contributed by atoms with Crippen LogP contribution in [0.4, 0.5) is 10.3 Å². The summed E-state index contributed by atoms with van der Waals surface area (Å²) in [5.74, 6) is -0.0382. The molecule has 24 heavy (non-hydrogen) atoms. The highest BCUT2D eigenvalue weighted by Gasteiger charge is 2.24. The Kier molecular flexibility index (Phi) is 4.54. The maximum absolute atomic E-state index is 12.6. The molecule has 0 aromatic carbocycles. The van der Waals surface area contributed by atoms with Crippen molar-refractivity contribution in [3.05, 3.63) is 21.4 Å². The van der Waals surface area contributed by atoms with Crippen LogP contribution >= 0.6 is 22.7 Å². The highest BCUT2D eigenvalue weighted by molar-refractivity contribution is 7.19. The number of rotatable bonds is 3. The lowest BCUT2D eigenvalue weighted by Crippen LogP contribution is -2.37. The van der Waals surface area contributed by atoms with Crippen LogP contribution in [0.1, 0.15) is 59.8 Å². The fourth-order valence-electron chi connectivity index (χ4n) is 3.61. The van der Waals surface area contributed by atoms with E-state index in [4.69, 9.17) is 0 Å². The highest BCUT2D eigenvalue weighted by atomic mass is 32.1. The molecule has 1 unspecified atom stereocenters. The fraction of sp³-hybridized carbons (Fsp3) is 0.588. The van der Waals surface area contributed by atoms with Crippen molar-refractivity contribution in [1.82, 2.24) is 10.2 Å². The van der Waals surface area contributed by atoms with E-state index >= 15 is 0 Å². The number of fused-ring (bicyclic) bond motifs is 1. The van der Waals surface area contributed by atoms with Gasteiger partial charge in [-0.1, -0.05) is 11.3 Å². The molecule has 0 spiro atoms. The van der Waals surface area contributed by atoms with Gasteiger partial charge in [-0.15, -0.1) is 21.5 Å². The van der Waals surface area contributed by atoms with E-state index in [2.05, 4.69) is 27.3 Å². The van der Waals surface area contributed by atoms with Crippen LogP contribution in [-0.4, -0.2) is 28.7 Å². The Bertz CT molecular complexity index is 739. The van der Waals surface area contributed by atoms with Gasteiger partial charge in [-0.05, 0) is 57.4 Å². The van der Waals surface area contributed by atoms with Gasteiger partial charge in [0, 0.05) is 22.8 Å². The van der Waals surface area contributed by atoms with Crippen LogP contribution in [0.15, 0.2) is 5.38 Å². The number of carbonyl (C=O) groups is 1. The summed E-state index contributed by atoms with van der Waals surface area (Å²) in [7, 11) is 0. The van der Waals surface area contributed by atoms with Crippen molar-refractivity contribution in [2.75, 3.05) is 16.8 Å². The number of nitrogens with zero attached hydrogens (tertiary/aromatic N) is 3. The Morgan fingerprint density at radius 1 is 1.25 bits per heavy atom. The third-order valence-corrected chi connectivity index (χ3v) is 6.95. The molecule has 2 aliphatic rings. The molecule has 2 aromatic rings. The minimum absolute atomic E-state index is 0.0382. The first-order valence-corrected chi connectivity index (χ1v) is 10.4. The molecule has 5 nitrogen and oxygen atoms in total. The monoisotopic (exact) mass is 362 g/mol. The normalized spacial score (nSPS) is 20.7. The Hall–Kier alpha value is -1.47. The zero-order chi connectivity index (χ0) is 16.5. The number of anilines is 2. The molecular formula is C17H22N4OS2. The van der Waals surface area contributed by atoms with Gasteiger partial charge in [0.1, 0.15) is 0 Å². The van der Waals surface area contributed by atoms with Gasteiger partial charge in [0.05, 0.1) is 5.56 Å². The molecule has 128 valence electrons. The first kappa shape index (κ1) is 16.0. The molecule has 1 N–H and O–H groups in total. The van der Waals surface area contributed by atoms with Gasteiger partial charge >= 0.3 is 0 Å². The molecule has 7 heteroatoms. The summed E-state index contributed by atoms with van der Waals surface area (Å²) in [5, 5.41) is 15.0. The zero-order valence-electron chi connectivity index (χ0n) is 13.9. The minimum atomic E-state index is -0.0382. The number of nitrogens with one attached hydrogen (secondary N) is 1. The Morgan fingerprint density at radius 2 is 2.12 bits per heavy atom. The quantitative estimate of drug-likeness (QED) is 0.893. The zero-order valence-corrected chi connectivity index (χ0v) is 15.5. The molecule has 0 bridgehead atoms. The third-order valence-electron chi connectivity index (χ3n) is 4.99. The van der Waals surface area contributed by atoms with Crippen LogP contribution in [0.2, 0.25) is 0 Å². The Balaban J connectivity index is 1.48. The second kappa shape index (κ2) is 6.80. The van der Waals surface area contributed by atoms with Gasteiger partial charge in [-0.3, -0.25) is 10.1 Å². The largest absolute Gasteiger partial charge is 0.344 e. The molecule has 1 saturated heterocycles. The average molecular weight is 363 g/mol. The van der Waals surface area contributed by atoms with Gasteiger partial charge in [0.15, 0.2) is 0 Å². The maximum atomic E-state index is 12.6. The molecule has 4 rings (SSSR count). The first-order chi connectivity index (χ1) is 11.7. The highest BCUT2D eigenvalue weighted by Crippen LogP contribution is 2.32. The predicted octanol–water partition coefficient (Wildman–Crippen LogP) is 4.11. The minimum Gasteiger partial charge on any atom is -0.344 e. The third kappa shape index (κ3) is 3.07. The molecule has 1 aliphatic carbocycles. The van der Waals surface area contributed by atoms with Crippen molar-refractivity contribution in [3.8, 4) is 0 Å². The summed E-state index contributed by atoms with van der Waals surface area (Å²) < 4.78 is 0. The van der Waals surface area contributed by atoms with E-state index in [1.807, 2.05) is 5.38 Å². The summed E-state index contributed by atoms with van der Waals surface area (Å²) >= 11 is 3.20. The summed E-state index contributed by atoms with van der Waals surface area (Å²) in [4.78, 5) is 16.3. The molecule has 1 aliphatic heterocycles. The number of piperidine rings is 1. The summed E-state index contributed by atoms with van der Waals surface area (Å²) in [6.07, 6.45) is 8.23. The lowest BCUT2D eigenvalue weighted by Gasteiger charge is -2.32. The van der Waals surface area contributed by atoms with E-state index in [9.17, 15) is 4.79 Å². The number of carbonyl (C=O) groups excluding carboxylic acids is 1. The maximum Gasteiger partial charge on any atom is 0.258 e. The molecule has 1 amide bonds. The molecule has 0 saturated carbocycles. The number of aryl methyl sites for hydroxylation is 1. The van der Waals surface area contributed by atoms with E-state index in [1.165, 1.54) is 53.9 Å². The summed E-state index contributed by atoms with van der Waals surface area (Å²) in [5.41, 5.74) is 2.08. The first-order valence-electron chi connectivity index (χ1n) is 8.73. The lowest BCUT2D eigenvalue weighted by molar-refractivity contribution is 0.102. The van der Waals surface area contributed by atoms with Gasteiger partial charge < -0.3 is 4.90 Å². The number of hydrogen-bond acceptors (Lipinski definition) is 6. The van der Waals surface area contributed by atoms with Crippen LogP contribution in [0.5, 0.6) is 0 Å². The number of thiophene rings is 1. The van der Waals surface area contributed by atoms with E-state index < -0.39 is 0 Å². The Morgan fingerprint density at radius 3 is 3.00 bits per heavy atom. The standard InChI is InChI=1S/C17H22N4OS2/c1-11-6-4-5-9-21(11)17-20-19-16(24-17)18-15(22)13-10-23-14-8-3-2-7-12(13)14/h10-11H,2-9H2,1H3,(H,18,19,22). The molecule has 1 fully saturated rings. The topological polar surface area (TPSA) is 58.1 Å². The van der Waals surface area contributed by atoms with E-state index in [0.717, 1.165) is 30.1 Å². The molecular weight excluding hydrogens is 340 g/mol. The molecule has 1 atom stereocenters. The van der Waals surface area contributed by atoms with E-state index in [1.54, 1.807) is 11.3 Å². The second-order valence-electron chi connectivity index (χ2n) is 6.64. The lowest BCUT2D eigenvalue weighted by atomic mass is 9.96. The average Bonchev–Trinajstić information content (AvgIpc) is 3.22. The molecule has 0 radical (unpaired) electrons. The summed E-state index contributed by atoms with van der Waals surface area (Å²) in [6, 6.07) is 0.499. The van der Waals surface area contributed by atoms with Crippen LogP contribution in [-0.2, 0) is 12.8 Å². The van der Waals surface area contributed by atoms with Crippen molar-refractivity contribution >= 4 is 38.8 Å². The fourth-order valence-corrected chi connectivity index (χ4v) is 5.61. The van der Waals surface area contributed by atoms with Crippen LogP contribution in [0.3, 0.4) is 0 Å². The number of amides is 1. The summed E-state index contributed by atoms with van der Waals surface area (Å²) in [6.45, 7) is 3.26. The van der Waals surface area contributed by atoms with Crippen molar-refractivity contribution < 1.29 is 4.79 Å². The predicted molar refractivity (Wildman–Crippen MR) is 99.5 cm³/mol. The Labute approximate surface area is 150 Å². The van der Waals surface area contributed by atoms with Crippen molar-refractivity contribution in [2.45, 2.75) is 57.9 Å². The van der Waals surface area contributed by atoms with Gasteiger partial charge in [0.2, 0.25) is 10.3 Å².